The number of hydrogen-bond acceptors (Lipinski definition) is 3. The summed E-state index contributed by atoms with van der Waals surface area (Å²) in [6, 6.07) is 0. The van der Waals surface area contributed by atoms with Crippen molar-refractivity contribution >= 4 is 9.68 Å². The van der Waals surface area contributed by atoms with E-state index >= 15 is 0 Å². The van der Waals surface area contributed by atoms with Crippen LogP contribution in [-0.2, 0) is 0 Å². The average Bonchev–Trinajstić information content (AvgIpc) is 1.94. The maximum Gasteiger partial charge on any atom is 0.0971 e. The van der Waals surface area contributed by atoms with Crippen LogP contribution in [0.15, 0.2) is 0 Å². The quantitative estimate of drug-likeness (QED) is 0.529. The third kappa shape index (κ3) is 6.54. The summed E-state index contributed by atoms with van der Waals surface area (Å²) in [5.41, 5.74) is 0. The smallest absolute Gasteiger partial charge is 0.0971 e. The molecular weight excluding hydrogens is 190 g/mol. The van der Waals surface area contributed by atoms with Gasteiger partial charge < -0.3 is 4.98 Å². The van der Waals surface area contributed by atoms with Gasteiger partial charge in [0.05, 0.1) is 15.8 Å². The number of nitrogens with one attached hydrogen (secondary N) is 1. The SMILES string of the molecule is CN(C)C(CN[SiH2]C(C)(C)C)N(C)C. The van der Waals surface area contributed by atoms with Crippen molar-refractivity contribution in [2.24, 2.45) is 0 Å². The van der Waals surface area contributed by atoms with E-state index < -0.39 is 0 Å². The van der Waals surface area contributed by atoms with E-state index in [0.717, 1.165) is 6.54 Å². The van der Waals surface area contributed by atoms with Crippen molar-refractivity contribution in [1.82, 2.24) is 14.8 Å². The van der Waals surface area contributed by atoms with Gasteiger partial charge in [0, 0.05) is 6.54 Å². The summed E-state index contributed by atoms with van der Waals surface area (Å²) in [6.45, 7) is 8.01. The molecule has 0 aromatic heterocycles. The van der Waals surface area contributed by atoms with Gasteiger partial charge in [-0.3, -0.25) is 9.80 Å². The van der Waals surface area contributed by atoms with Gasteiger partial charge in [0.2, 0.25) is 0 Å². The van der Waals surface area contributed by atoms with Crippen molar-refractivity contribution in [2.75, 3.05) is 34.7 Å². The Kier molecular flexibility index (Phi) is 5.89. The summed E-state index contributed by atoms with van der Waals surface area (Å²) in [5.74, 6) is 0. The maximum absolute atomic E-state index is 3.64. The first-order valence-electron chi connectivity index (χ1n) is 5.27. The van der Waals surface area contributed by atoms with Gasteiger partial charge in [0.15, 0.2) is 0 Å². The molecule has 1 N–H and O–H groups in total. The van der Waals surface area contributed by atoms with Gasteiger partial charge in [0.1, 0.15) is 0 Å². The molecule has 0 heterocycles. The Labute approximate surface area is 91.7 Å². The van der Waals surface area contributed by atoms with Gasteiger partial charge in [-0.2, -0.15) is 0 Å². The molecule has 4 heteroatoms. The summed E-state index contributed by atoms with van der Waals surface area (Å²) in [5, 5.41) is 0.503. The highest BCUT2D eigenvalue weighted by atomic mass is 28.2. The van der Waals surface area contributed by atoms with E-state index in [1.807, 2.05) is 0 Å². The molecule has 3 nitrogen and oxygen atoms in total. The van der Waals surface area contributed by atoms with Crippen LogP contribution in [0.1, 0.15) is 20.8 Å². The van der Waals surface area contributed by atoms with Crippen molar-refractivity contribution < 1.29 is 0 Å². The largest absolute Gasteiger partial charge is 0.339 e. The lowest BCUT2D eigenvalue weighted by atomic mass is 10.3. The van der Waals surface area contributed by atoms with Gasteiger partial charge in [-0.05, 0) is 33.2 Å². The fourth-order valence-electron chi connectivity index (χ4n) is 1.40. The summed E-state index contributed by atoms with van der Waals surface area (Å²) in [6.07, 6.45) is 0.504. The molecule has 0 amide bonds. The van der Waals surface area contributed by atoms with Crippen molar-refractivity contribution in [3.8, 4) is 0 Å². The van der Waals surface area contributed by atoms with Crippen LogP contribution in [0.4, 0.5) is 0 Å². The molecule has 0 aliphatic rings. The van der Waals surface area contributed by atoms with Gasteiger partial charge in [-0.25, -0.2) is 0 Å². The Balaban J connectivity index is 3.84. The second kappa shape index (κ2) is 5.85. The highest BCUT2D eigenvalue weighted by molar-refractivity contribution is 6.36. The zero-order valence-corrected chi connectivity index (χ0v) is 12.3. The summed E-state index contributed by atoms with van der Waals surface area (Å²) in [4.78, 5) is 8.15. The molecule has 86 valence electrons. The van der Waals surface area contributed by atoms with E-state index in [-0.39, 0.29) is 9.68 Å². The zero-order chi connectivity index (χ0) is 11.4. The number of hydrogen-bond donors (Lipinski definition) is 1. The van der Waals surface area contributed by atoms with Crippen LogP contribution in [0.25, 0.3) is 0 Å². The molecule has 0 fully saturated rings. The van der Waals surface area contributed by atoms with E-state index in [0.29, 0.717) is 11.2 Å². The Morgan fingerprint density at radius 1 is 1.07 bits per heavy atom. The van der Waals surface area contributed by atoms with Crippen molar-refractivity contribution in [3.63, 3.8) is 0 Å². The van der Waals surface area contributed by atoms with Crippen molar-refractivity contribution in [2.45, 2.75) is 32.0 Å². The highest BCUT2D eigenvalue weighted by Crippen LogP contribution is 2.17. The monoisotopic (exact) mass is 217 g/mol. The van der Waals surface area contributed by atoms with Crippen LogP contribution in [-0.4, -0.2) is 60.4 Å². The van der Waals surface area contributed by atoms with Crippen LogP contribution < -0.4 is 4.98 Å². The minimum Gasteiger partial charge on any atom is -0.339 e. The standard InChI is InChI=1S/C10H27N3Si/c1-10(2,3)14-11-8-9(12(4)5)13(6)7/h9,11H,8,14H2,1-7H3. The first-order valence-corrected chi connectivity index (χ1v) is 6.69. The Bertz CT molecular complexity index is 144. The summed E-state index contributed by atoms with van der Waals surface area (Å²) >= 11 is 0. The lowest BCUT2D eigenvalue weighted by Crippen LogP contribution is -2.48. The van der Waals surface area contributed by atoms with Crippen LogP contribution in [0.5, 0.6) is 0 Å². The van der Waals surface area contributed by atoms with E-state index in [1.165, 1.54) is 0 Å². The first kappa shape index (κ1) is 14.1. The molecule has 0 aromatic rings. The number of likely N-dealkylation sites (N-methyl/N-ethyl adjacent to an activating group) is 2. The van der Waals surface area contributed by atoms with E-state index in [1.54, 1.807) is 0 Å². The molecule has 0 bridgehead atoms. The predicted molar refractivity (Wildman–Crippen MR) is 67.4 cm³/mol. The van der Waals surface area contributed by atoms with Crippen molar-refractivity contribution in [3.05, 3.63) is 0 Å². The topological polar surface area (TPSA) is 18.5 Å². The molecule has 0 aliphatic carbocycles. The molecule has 0 atom stereocenters. The molecule has 0 spiro atoms. The second-order valence-electron chi connectivity index (χ2n) is 5.60. The third-order valence-corrected chi connectivity index (χ3v) is 3.77. The number of nitrogens with zero attached hydrogens (tertiary/aromatic N) is 2. The van der Waals surface area contributed by atoms with E-state index in [4.69, 9.17) is 0 Å². The minimum atomic E-state index is -0.160. The van der Waals surface area contributed by atoms with Crippen molar-refractivity contribution in [1.29, 1.82) is 0 Å². The molecule has 0 aromatic carbocycles. The normalized spacial score (nSPS) is 14.1. The molecule has 0 saturated heterocycles. The van der Waals surface area contributed by atoms with Crippen LogP contribution in [0, 0.1) is 0 Å². The minimum absolute atomic E-state index is 0.160. The van der Waals surface area contributed by atoms with Gasteiger partial charge in [-0.15, -0.1) is 0 Å². The molecule has 0 unspecified atom stereocenters. The molecule has 0 radical (unpaired) electrons. The molecular formula is C10H27N3Si. The lowest BCUT2D eigenvalue weighted by Gasteiger charge is -2.31. The van der Waals surface area contributed by atoms with Crippen LogP contribution >= 0.6 is 0 Å². The first-order chi connectivity index (χ1) is 6.24. The zero-order valence-electron chi connectivity index (χ0n) is 10.9. The molecule has 0 saturated carbocycles. The molecule has 0 aliphatic heterocycles. The summed E-state index contributed by atoms with van der Waals surface area (Å²) < 4.78 is 0. The van der Waals surface area contributed by atoms with Crippen LogP contribution in [0.2, 0.25) is 5.04 Å². The lowest BCUT2D eigenvalue weighted by molar-refractivity contribution is 0.133. The van der Waals surface area contributed by atoms with Crippen LogP contribution in [0.3, 0.4) is 0 Å². The van der Waals surface area contributed by atoms with E-state index in [9.17, 15) is 0 Å². The fourth-order valence-corrected chi connectivity index (χ4v) is 2.56. The molecule has 14 heavy (non-hydrogen) atoms. The molecule has 0 rings (SSSR count). The number of rotatable bonds is 5. The van der Waals surface area contributed by atoms with Gasteiger partial charge >= 0.3 is 0 Å². The summed E-state index contributed by atoms with van der Waals surface area (Å²) in [7, 11) is 8.36. The second-order valence-corrected chi connectivity index (χ2v) is 8.57. The average molecular weight is 217 g/mol. The fraction of sp³-hybridized carbons (Fsp3) is 1.00. The maximum atomic E-state index is 3.64. The Morgan fingerprint density at radius 2 is 1.50 bits per heavy atom. The van der Waals surface area contributed by atoms with Gasteiger partial charge in [0.25, 0.3) is 0 Å². The predicted octanol–water partition coefficient (Wildman–Crippen LogP) is 0.327. The Morgan fingerprint density at radius 3 is 1.79 bits per heavy atom. The Hall–Kier alpha value is 0.0969. The highest BCUT2D eigenvalue weighted by Gasteiger charge is 2.15. The third-order valence-electron chi connectivity index (χ3n) is 2.17. The van der Waals surface area contributed by atoms with Gasteiger partial charge in [-0.1, -0.05) is 20.8 Å². The van der Waals surface area contributed by atoms with E-state index in [2.05, 4.69) is 63.7 Å².